The third-order valence-electron chi connectivity index (χ3n) is 4.04. The number of pyridine rings is 1. The summed E-state index contributed by atoms with van der Waals surface area (Å²) in [6, 6.07) is 10.6. The van der Waals surface area contributed by atoms with Gasteiger partial charge in [0.1, 0.15) is 11.5 Å². The zero-order chi connectivity index (χ0) is 21.2. The Morgan fingerprint density at radius 2 is 1.69 bits per heavy atom. The zero-order valence-electron chi connectivity index (χ0n) is 15.4. The van der Waals surface area contributed by atoms with E-state index in [2.05, 4.69) is 4.74 Å². The van der Waals surface area contributed by atoms with Crippen LogP contribution in [-0.2, 0) is 15.7 Å². The predicted molar refractivity (Wildman–Crippen MR) is 96.5 cm³/mol. The number of nitrogens with zero attached hydrogens (tertiary/aromatic N) is 1. The summed E-state index contributed by atoms with van der Waals surface area (Å²) in [5, 5.41) is 12.4. The molecule has 0 bridgehead atoms. The number of esters is 1. The number of carbonyl (C=O) groups excluding carboxylic acids is 1. The van der Waals surface area contributed by atoms with E-state index in [1.165, 1.54) is 19.2 Å². The van der Waals surface area contributed by atoms with Crippen LogP contribution >= 0.6 is 0 Å². The Hall–Kier alpha value is -3.49. The molecule has 0 aliphatic rings. The van der Waals surface area contributed by atoms with Crippen molar-refractivity contribution in [2.75, 3.05) is 7.11 Å². The van der Waals surface area contributed by atoms with E-state index in [1.54, 1.807) is 31.2 Å². The molecular formula is C20H16F3NO5. The van der Waals surface area contributed by atoms with Gasteiger partial charge in [-0.15, -0.1) is 0 Å². The van der Waals surface area contributed by atoms with Crippen LogP contribution in [0.4, 0.5) is 13.2 Å². The fourth-order valence-corrected chi connectivity index (χ4v) is 2.60. The normalized spacial score (nSPS) is 12.4. The van der Waals surface area contributed by atoms with Gasteiger partial charge >= 0.3 is 12.1 Å². The molecule has 6 nitrogen and oxygen atoms in total. The molecule has 0 saturated carbocycles. The van der Waals surface area contributed by atoms with Crippen molar-refractivity contribution >= 4 is 16.9 Å². The summed E-state index contributed by atoms with van der Waals surface area (Å²) in [7, 11) is 1.26. The maximum atomic E-state index is 12.8. The Kier molecular flexibility index (Phi) is 5.49. The zero-order valence-corrected chi connectivity index (χ0v) is 15.4. The Balaban J connectivity index is 1.79. The molecule has 0 aliphatic carbocycles. The lowest BCUT2D eigenvalue weighted by molar-refractivity contribution is -0.577. The van der Waals surface area contributed by atoms with Gasteiger partial charge in [0.15, 0.2) is 11.9 Å². The topological polar surface area (TPSA) is 71.7 Å². The molecule has 29 heavy (non-hydrogen) atoms. The van der Waals surface area contributed by atoms with Crippen LogP contribution in [0.15, 0.2) is 54.7 Å². The molecule has 1 heterocycles. The fraction of sp³-hybridized carbons (Fsp3) is 0.200. The number of carbonyl (C=O) groups is 1. The Bertz CT molecular complexity index is 1030. The first-order chi connectivity index (χ1) is 13.7. The van der Waals surface area contributed by atoms with Gasteiger partial charge in [0, 0.05) is 12.1 Å². The standard InChI is InChI=1S/C20H16F3NO5/c1-12(19(25)27-2)28-15-5-7-16(8-6-15)29-17-9-13-3-4-14(20(21,22)23)10-18(13)24(26)11-17/h3-12H,1-2H3. The SMILES string of the molecule is COC(=O)C(C)Oc1ccc(Oc2cc3ccc(C(F)(F)F)cc3[n+]([O-])c2)cc1. The molecule has 9 heteroatoms. The highest BCUT2D eigenvalue weighted by Gasteiger charge is 2.31. The average molecular weight is 407 g/mol. The Morgan fingerprint density at radius 3 is 2.31 bits per heavy atom. The lowest BCUT2D eigenvalue weighted by atomic mass is 10.1. The number of hydrogen-bond acceptors (Lipinski definition) is 5. The van der Waals surface area contributed by atoms with Crippen molar-refractivity contribution < 1.29 is 36.9 Å². The number of benzene rings is 2. The molecule has 2 aromatic carbocycles. The van der Waals surface area contributed by atoms with Crippen LogP contribution in [0.25, 0.3) is 10.9 Å². The number of halogens is 3. The molecule has 152 valence electrons. The largest absolute Gasteiger partial charge is 0.618 e. The number of ether oxygens (including phenoxy) is 3. The summed E-state index contributed by atoms with van der Waals surface area (Å²) < 4.78 is 54.4. The van der Waals surface area contributed by atoms with E-state index in [0.717, 1.165) is 18.3 Å². The van der Waals surface area contributed by atoms with E-state index >= 15 is 0 Å². The van der Waals surface area contributed by atoms with Crippen molar-refractivity contribution in [1.82, 2.24) is 0 Å². The quantitative estimate of drug-likeness (QED) is 0.360. The molecule has 0 amide bonds. The number of aromatic nitrogens is 1. The van der Waals surface area contributed by atoms with Gasteiger partial charge in [-0.1, -0.05) is 0 Å². The van der Waals surface area contributed by atoms with Gasteiger partial charge in [-0.25, -0.2) is 4.79 Å². The Morgan fingerprint density at radius 1 is 1.03 bits per heavy atom. The minimum absolute atomic E-state index is 0.118. The smallest absolute Gasteiger partial charge is 0.416 e. The summed E-state index contributed by atoms with van der Waals surface area (Å²) in [5.41, 5.74) is -1.02. The van der Waals surface area contributed by atoms with E-state index in [4.69, 9.17) is 9.47 Å². The van der Waals surface area contributed by atoms with Crippen LogP contribution in [0.2, 0.25) is 0 Å². The third kappa shape index (κ3) is 4.68. The molecule has 1 unspecified atom stereocenters. The number of methoxy groups -OCH3 is 1. The molecule has 0 saturated heterocycles. The molecular weight excluding hydrogens is 391 g/mol. The predicted octanol–water partition coefficient (Wildman–Crippen LogP) is 4.22. The van der Waals surface area contributed by atoms with Crippen molar-refractivity contribution in [3.63, 3.8) is 0 Å². The van der Waals surface area contributed by atoms with Gasteiger partial charge in [0.2, 0.25) is 11.7 Å². The maximum Gasteiger partial charge on any atom is 0.416 e. The molecule has 0 radical (unpaired) electrons. The van der Waals surface area contributed by atoms with E-state index < -0.39 is 23.8 Å². The fourth-order valence-electron chi connectivity index (χ4n) is 2.60. The maximum absolute atomic E-state index is 12.8. The molecule has 0 aliphatic heterocycles. The van der Waals surface area contributed by atoms with Crippen molar-refractivity contribution in [3.8, 4) is 17.2 Å². The van der Waals surface area contributed by atoms with Crippen molar-refractivity contribution in [3.05, 3.63) is 65.5 Å². The van der Waals surface area contributed by atoms with Gasteiger partial charge < -0.3 is 19.4 Å². The number of alkyl halides is 3. The van der Waals surface area contributed by atoms with Crippen LogP contribution in [0.5, 0.6) is 17.2 Å². The minimum atomic E-state index is -4.54. The molecule has 0 spiro atoms. The lowest BCUT2D eigenvalue weighted by Crippen LogP contribution is -2.26. The van der Waals surface area contributed by atoms with E-state index in [1.807, 2.05) is 0 Å². The number of hydrogen-bond donors (Lipinski definition) is 0. The second-order valence-electron chi connectivity index (χ2n) is 6.13. The highest BCUT2D eigenvalue weighted by Crippen LogP contribution is 2.32. The van der Waals surface area contributed by atoms with E-state index in [0.29, 0.717) is 21.6 Å². The summed E-state index contributed by atoms with van der Waals surface area (Å²) in [4.78, 5) is 11.4. The first-order valence-electron chi connectivity index (χ1n) is 8.44. The van der Waals surface area contributed by atoms with Crippen LogP contribution in [0.1, 0.15) is 12.5 Å². The first kappa shape index (κ1) is 20.2. The average Bonchev–Trinajstić information content (AvgIpc) is 2.67. The second-order valence-corrected chi connectivity index (χ2v) is 6.13. The van der Waals surface area contributed by atoms with Crippen LogP contribution < -0.4 is 14.2 Å². The lowest BCUT2D eigenvalue weighted by Gasteiger charge is -2.13. The Labute approximate surface area is 163 Å². The van der Waals surface area contributed by atoms with Crippen LogP contribution in [0.3, 0.4) is 0 Å². The highest BCUT2D eigenvalue weighted by molar-refractivity contribution is 5.78. The van der Waals surface area contributed by atoms with Crippen LogP contribution in [0, 0.1) is 5.21 Å². The van der Waals surface area contributed by atoms with Gasteiger partial charge in [-0.2, -0.15) is 17.9 Å². The van der Waals surface area contributed by atoms with Crippen molar-refractivity contribution in [1.29, 1.82) is 0 Å². The molecule has 3 rings (SSSR count). The van der Waals surface area contributed by atoms with E-state index in [9.17, 15) is 23.2 Å². The van der Waals surface area contributed by atoms with E-state index in [-0.39, 0.29) is 11.3 Å². The summed E-state index contributed by atoms with van der Waals surface area (Å²) >= 11 is 0. The molecule has 1 atom stereocenters. The molecule has 3 aromatic rings. The number of fused-ring (bicyclic) bond motifs is 1. The van der Waals surface area contributed by atoms with Crippen molar-refractivity contribution in [2.24, 2.45) is 0 Å². The summed E-state index contributed by atoms with van der Waals surface area (Å²) in [5.74, 6) is 0.417. The second kappa shape index (κ2) is 7.86. The minimum Gasteiger partial charge on any atom is -0.618 e. The first-order valence-corrected chi connectivity index (χ1v) is 8.44. The monoisotopic (exact) mass is 407 g/mol. The number of rotatable bonds is 5. The molecule has 1 aromatic heterocycles. The van der Waals surface area contributed by atoms with Crippen LogP contribution in [-0.4, -0.2) is 19.2 Å². The van der Waals surface area contributed by atoms with Gasteiger partial charge in [-0.3, -0.25) is 0 Å². The summed E-state index contributed by atoms with van der Waals surface area (Å²) in [6.07, 6.45) is -4.27. The third-order valence-corrected chi connectivity index (χ3v) is 4.04. The van der Waals surface area contributed by atoms with Gasteiger partial charge in [0.25, 0.3) is 0 Å². The van der Waals surface area contributed by atoms with Crippen molar-refractivity contribution in [2.45, 2.75) is 19.2 Å². The molecule has 0 fully saturated rings. The molecule has 0 N–H and O–H groups in total. The van der Waals surface area contributed by atoms with Gasteiger partial charge in [-0.05, 0) is 43.3 Å². The highest BCUT2D eigenvalue weighted by atomic mass is 19.4. The van der Waals surface area contributed by atoms with Gasteiger partial charge in [0.05, 0.1) is 18.1 Å². The summed E-state index contributed by atoms with van der Waals surface area (Å²) in [6.45, 7) is 1.54.